The molecule has 2 nitrogen and oxygen atoms in total. The van der Waals surface area contributed by atoms with Gasteiger partial charge in [-0.1, -0.05) is 0 Å². The molecule has 0 fully saturated rings. The van der Waals surface area contributed by atoms with Crippen molar-refractivity contribution in [2.24, 2.45) is 0 Å². The van der Waals surface area contributed by atoms with Crippen molar-refractivity contribution in [2.45, 2.75) is 6.92 Å². The quantitative estimate of drug-likeness (QED) is 0.456. The van der Waals surface area contributed by atoms with E-state index in [9.17, 15) is 0 Å². The number of rotatable bonds is 0. The maximum atomic E-state index is 4.35. The second kappa shape index (κ2) is 1.12. The van der Waals surface area contributed by atoms with Gasteiger partial charge in [-0.25, -0.2) is 4.98 Å². The Hall–Kier alpha value is -0.790. The molecule has 0 N–H and O–H groups in total. The molecule has 0 spiro atoms. The molecule has 0 aliphatic rings. The van der Waals surface area contributed by atoms with E-state index in [0.717, 1.165) is 5.69 Å². The summed E-state index contributed by atoms with van der Waals surface area (Å²) in [7, 11) is 0. The van der Waals surface area contributed by atoms with Crippen molar-refractivity contribution in [1.82, 2.24) is 4.98 Å². The molecule has 0 atom stereocenters. The topological polar surface area (TPSA) is 26.0 Å². The second-order valence-corrected chi connectivity index (χ2v) is 0.993. The lowest BCUT2D eigenvalue weighted by molar-refractivity contribution is 0.538. The predicted octanol–water partition coefficient (Wildman–Crippen LogP) is 0.583. The van der Waals surface area contributed by atoms with Gasteiger partial charge in [-0.05, 0) is 6.92 Å². The van der Waals surface area contributed by atoms with Crippen LogP contribution in [0.4, 0.5) is 0 Å². The van der Waals surface area contributed by atoms with Gasteiger partial charge in [-0.15, -0.1) is 0 Å². The first-order valence-electron chi connectivity index (χ1n) is 1.61. The number of aryl methyl sites for hydroxylation is 1. The number of hydrogen-bond acceptors (Lipinski definition) is 2. The molecule has 0 bridgehead atoms. The fourth-order valence-corrected chi connectivity index (χ4v) is 0.211. The van der Waals surface area contributed by atoms with Crippen molar-refractivity contribution >= 4 is 0 Å². The van der Waals surface area contributed by atoms with Gasteiger partial charge in [0.1, 0.15) is 0 Å². The maximum absolute atomic E-state index is 4.35. The summed E-state index contributed by atoms with van der Waals surface area (Å²) < 4.78 is 4.35. The average molecular weight is 81.1 g/mol. The molecule has 1 aromatic rings. The van der Waals surface area contributed by atoms with Crippen LogP contribution >= 0.6 is 0 Å². The highest BCUT2D eigenvalue weighted by Gasteiger charge is 1.81. The Morgan fingerprint density at radius 2 is 2.67 bits per heavy atom. The lowest BCUT2D eigenvalue weighted by Crippen LogP contribution is -1.60. The minimum absolute atomic E-state index is 0.745. The van der Waals surface area contributed by atoms with Gasteiger partial charge in [0.25, 0.3) is 6.39 Å². The van der Waals surface area contributed by atoms with Crippen molar-refractivity contribution in [2.75, 3.05) is 0 Å². The first-order chi connectivity index (χ1) is 2.89. The molecule has 0 unspecified atom stereocenters. The third-order valence-corrected chi connectivity index (χ3v) is 0.458. The second-order valence-electron chi connectivity index (χ2n) is 0.993. The Labute approximate surface area is 35.8 Å². The van der Waals surface area contributed by atoms with Crippen LogP contribution in [0.1, 0.15) is 5.69 Å². The lowest BCUT2D eigenvalue weighted by atomic mass is 10.6. The summed E-state index contributed by atoms with van der Waals surface area (Å²) in [5.41, 5.74) is 0.745. The van der Waals surface area contributed by atoms with Crippen LogP contribution in [0.3, 0.4) is 0 Å². The molecule has 0 saturated carbocycles. The molecule has 2 radical (unpaired) electrons. The van der Waals surface area contributed by atoms with Gasteiger partial charge in [-0.3, -0.25) is 0 Å². The lowest BCUT2D eigenvalue weighted by Gasteiger charge is -1.59. The van der Waals surface area contributed by atoms with Gasteiger partial charge in [0.15, 0.2) is 6.26 Å². The van der Waals surface area contributed by atoms with Crippen LogP contribution < -0.4 is 0 Å². The maximum Gasteiger partial charge on any atom is 0.284 e. The number of aromatic nitrogens is 1. The van der Waals surface area contributed by atoms with Crippen LogP contribution in [0, 0.1) is 19.6 Å². The Bertz CT molecular complexity index is 111. The third kappa shape index (κ3) is 0.407. The number of nitrogens with zero attached hydrogens (tertiary/aromatic N) is 1. The third-order valence-electron chi connectivity index (χ3n) is 0.458. The van der Waals surface area contributed by atoms with Crippen molar-refractivity contribution in [3.63, 3.8) is 0 Å². The van der Waals surface area contributed by atoms with Gasteiger partial charge >= 0.3 is 0 Å². The predicted molar refractivity (Wildman–Crippen MR) is 18.9 cm³/mol. The molecular weight excluding hydrogens is 78.1 g/mol. The summed E-state index contributed by atoms with van der Waals surface area (Å²) in [5.74, 6) is 0. The number of oxazole rings is 1. The fraction of sp³-hybridized carbons (Fsp3) is 0.250. The zero-order chi connectivity index (χ0) is 4.41. The van der Waals surface area contributed by atoms with E-state index in [1.807, 2.05) is 0 Å². The Kier molecular flexibility index (Phi) is 0.638. The SMILES string of the molecule is Cc1[c]o[c]n1. The summed E-state index contributed by atoms with van der Waals surface area (Å²) in [6.07, 6.45) is 4.71. The molecule has 1 rings (SSSR count). The van der Waals surface area contributed by atoms with E-state index in [1.54, 1.807) is 6.92 Å². The summed E-state index contributed by atoms with van der Waals surface area (Å²) in [6, 6.07) is 0. The van der Waals surface area contributed by atoms with Crippen LogP contribution in [0.25, 0.3) is 0 Å². The van der Waals surface area contributed by atoms with Crippen LogP contribution in [0.2, 0.25) is 0 Å². The summed E-state index contributed by atoms with van der Waals surface area (Å²) in [6.45, 7) is 1.79. The van der Waals surface area contributed by atoms with E-state index in [-0.39, 0.29) is 0 Å². The largest absolute Gasteiger partial charge is 0.429 e. The molecule has 1 aromatic heterocycles. The highest BCUT2D eigenvalue weighted by Crippen LogP contribution is 1.84. The smallest absolute Gasteiger partial charge is 0.284 e. The minimum Gasteiger partial charge on any atom is -0.429 e. The van der Waals surface area contributed by atoms with Crippen LogP contribution in [-0.4, -0.2) is 4.98 Å². The first kappa shape index (κ1) is 3.40. The molecule has 2 heteroatoms. The van der Waals surface area contributed by atoms with E-state index >= 15 is 0 Å². The monoisotopic (exact) mass is 81.0 g/mol. The summed E-state index contributed by atoms with van der Waals surface area (Å²) >= 11 is 0. The van der Waals surface area contributed by atoms with E-state index in [1.165, 1.54) is 0 Å². The van der Waals surface area contributed by atoms with Crippen molar-refractivity contribution < 1.29 is 4.42 Å². The zero-order valence-electron chi connectivity index (χ0n) is 3.36. The normalized spacial score (nSPS) is 8.83. The van der Waals surface area contributed by atoms with Crippen molar-refractivity contribution in [3.8, 4) is 0 Å². The van der Waals surface area contributed by atoms with Gasteiger partial charge in [-0.2, -0.15) is 0 Å². The molecule has 0 saturated heterocycles. The highest BCUT2D eigenvalue weighted by molar-refractivity contribution is 4.80. The van der Waals surface area contributed by atoms with Crippen LogP contribution in [-0.2, 0) is 0 Å². The molecule has 0 aromatic carbocycles. The van der Waals surface area contributed by atoms with Crippen LogP contribution in [0.5, 0.6) is 0 Å². The minimum atomic E-state index is 0.745. The summed E-state index contributed by atoms with van der Waals surface area (Å²) in [5, 5.41) is 0. The van der Waals surface area contributed by atoms with E-state index in [2.05, 4.69) is 22.1 Å². The molecule has 0 aliphatic carbocycles. The van der Waals surface area contributed by atoms with Gasteiger partial charge in [0, 0.05) is 0 Å². The molecule has 0 amide bonds. The number of hydrogen-bond donors (Lipinski definition) is 0. The van der Waals surface area contributed by atoms with Crippen molar-refractivity contribution in [1.29, 1.82) is 0 Å². The average Bonchev–Trinajstić information content (AvgIpc) is 1.86. The van der Waals surface area contributed by atoms with Gasteiger partial charge in [0.05, 0.1) is 5.69 Å². The van der Waals surface area contributed by atoms with E-state index in [0.29, 0.717) is 0 Å². The van der Waals surface area contributed by atoms with Crippen LogP contribution in [0.15, 0.2) is 4.42 Å². The Balaban J connectivity index is 3.05. The highest BCUT2D eigenvalue weighted by atomic mass is 16.3. The molecule has 1 heterocycles. The Morgan fingerprint density at radius 1 is 1.83 bits per heavy atom. The first-order valence-corrected chi connectivity index (χ1v) is 1.61. The molecule has 30 valence electrons. The molecule has 6 heavy (non-hydrogen) atoms. The Morgan fingerprint density at radius 3 is 2.83 bits per heavy atom. The van der Waals surface area contributed by atoms with Gasteiger partial charge in [0.2, 0.25) is 0 Å². The summed E-state index contributed by atoms with van der Waals surface area (Å²) in [4.78, 5) is 3.57. The zero-order valence-corrected chi connectivity index (χ0v) is 3.36. The van der Waals surface area contributed by atoms with Crippen molar-refractivity contribution in [3.05, 3.63) is 18.4 Å². The van der Waals surface area contributed by atoms with E-state index < -0.39 is 0 Å². The van der Waals surface area contributed by atoms with Gasteiger partial charge < -0.3 is 4.42 Å². The standard InChI is InChI=1S/C4H3NO/c1-4-2-6-3-5-4/h1H3. The molecular formula is C4H3NO. The molecule has 0 aliphatic heterocycles. The fourth-order valence-electron chi connectivity index (χ4n) is 0.211. The van der Waals surface area contributed by atoms with E-state index in [4.69, 9.17) is 0 Å².